The van der Waals surface area contributed by atoms with E-state index < -0.39 is 0 Å². The highest BCUT2D eigenvalue weighted by molar-refractivity contribution is 7.77. The molecule has 14 heavy (non-hydrogen) atoms. The first-order valence-electron chi connectivity index (χ1n) is 6.17. The second-order valence-corrected chi connectivity index (χ2v) is 4.89. The average molecular weight is 217 g/mol. The van der Waals surface area contributed by atoms with Crippen molar-refractivity contribution in [3.63, 3.8) is 0 Å². The molecule has 0 aromatic heterocycles. The van der Waals surface area contributed by atoms with Crippen LogP contribution in [-0.4, -0.2) is 17.9 Å². The second kappa shape index (κ2) is 11.4. The number of thiol groups is 1. The van der Waals surface area contributed by atoms with Gasteiger partial charge >= 0.3 is 0 Å². The molecule has 0 aliphatic carbocycles. The van der Waals surface area contributed by atoms with Crippen molar-refractivity contribution in [2.75, 3.05) is 13.6 Å². The van der Waals surface area contributed by atoms with Gasteiger partial charge in [-0.1, -0.05) is 71.1 Å². The quantitative estimate of drug-likeness (QED) is 0.422. The summed E-state index contributed by atoms with van der Waals surface area (Å²) < 4.78 is 1.97. The summed E-state index contributed by atoms with van der Waals surface area (Å²) in [6.45, 7) is 3.40. The van der Waals surface area contributed by atoms with Crippen LogP contribution in [0.4, 0.5) is 0 Å². The maximum absolute atomic E-state index is 4.21. The molecule has 0 aliphatic rings. The highest BCUT2D eigenvalue weighted by atomic mass is 32.1. The first-order chi connectivity index (χ1) is 6.77. The first kappa shape index (κ1) is 14.3. The molecule has 1 nitrogen and oxygen atoms in total. The summed E-state index contributed by atoms with van der Waals surface area (Å²) in [5.41, 5.74) is 0. The Morgan fingerprint density at radius 3 is 1.64 bits per heavy atom. The van der Waals surface area contributed by atoms with E-state index in [4.69, 9.17) is 0 Å². The van der Waals surface area contributed by atoms with Gasteiger partial charge in [-0.25, -0.2) is 0 Å². The second-order valence-electron chi connectivity index (χ2n) is 4.21. The Hall–Kier alpha value is 0.310. The molecule has 86 valence electrons. The van der Waals surface area contributed by atoms with Crippen LogP contribution in [0.1, 0.15) is 64.7 Å². The van der Waals surface area contributed by atoms with E-state index >= 15 is 0 Å². The van der Waals surface area contributed by atoms with Gasteiger partial charge in [0, 0.05) is 6.54 Å². The van der Waals surface area contributed by atoms with E-state index in [1.54, 1.807) is 0 Å². The zero-order chi connectivity index (χ0) is 10.6. The molecule has 2 heteroatoms. The summed E-state index contributed by atoms with van der Waals surface area (Å²) >= 11 is 4.21. The Morgan fingerprint density at radius 2 is 1.21 bits per heavy atom. The van der Waals surface area contributed by atoms with Gasteiger partial charge in [0.1, 0.15) is 0 Å². The molecule has 0 rings (SSSR count). The van der Waals surface area contributed by atoms with E-state index in [9.17, 15) is 0 Å². The molecule has 0 N–H and O–H groups in total. The highest BCUT2D eigenvalue weighted by Gasteiger charge is 1.93. The Balaban J connectivity index is 2.85. The summed E-state index contributed by atoms with van der Waals surface area (Å²) in [7, 11) is 2.02. The number of nitrogens with zero attached hydrogens (tertiary/aromatic N) is 1. The molecule has 0 fully saturated rings. The zero-order valence-electron chi connectivity index (χ0n) is 9.97. The van der Waals surface area contributed by atoms with Crippen molar-refractivity contribution < 1.29 is 0 Å². The molecule has 0 aliphatic heterocycles. The van der Waals surface area contributed by atoms with Crippen LogP contribution in [0.15, 0.2) is 0 Å². The first-order valence-corrected chi connectivity index (χ1v) is 6.57. The van der Waals surface area contributed by atoms with Crippen molar-refractivity contribution >= 4 is 12.8 Å². The molecule has 0 amide bonds. The average Bonchev–Trinajstić information content (AvgIpc) is 2.15. The minimum absolute atomic E-state index is 1.12. The standard InChI is InChI=1S/C12H27NS/c1-3-4-5-6-7-8-9-10-11-12-13(2)14/h14H,3-12H2,1-2H3. The number of hydrogen-bond acceptors (Lipinski definition) is 2. The summed E-state index contributed by atoms with van der Waals surface area (Å²) in [5, 5.41) is 0. The Kier molecular flexibility index (Phi) is 11.6. The fraction of sp³-hybridized carbons (Fsp3) is 1.00. The van der Waals surface area contributed by atoms with Gasteiger partial charge in [-0.3, -0.25) is 4.31 Å². The van der Waals surface area contributed by atoms with E-state index in [2.05, 4.69) is 19.7 Å². The van der Waals surface area contributed by atoms with Gasteiger partial charge in [0.15, 0.2) is 0 Å². The lowest BCUT2D eigenvalue weighted by atomic mass is 10.1. The summed E-state index contributed by atoms with van der Waals surface area (Å²) in [6.07, 6.45) is 12.6. The van der Waals surface area contributed by atoms with Gasteiger partial charge in [-0.2, -0.15) is 0 Å². The minimum Gasteiger partial charge on any atom is -0.256 e. The third kappa shape index (κ3) is 12.3. The van der Waals surface area contributed by atoms with E-state index in [-0.39, 0.29) is 0 Å². The van der Waals surface area contributed by atoms with Gasteiger partial charge in [-0.15, -0.1) is 0 Å². The van der Waals surface area contributed by atoms with E-state index in [1.165, 1.54) is 57.8 Å². The maximum atomic E-state index is 4.21. The van der Waals surface area contributed by atoms with Crippen molar-refractivity contribution in [1.29, 1.82) is 0 Å². The van der Waals surface area contributed by atoms with Crippen LogP contribution in [-0.2, 0) is 0 Å². The smallest absolute Gasteiger partial charge is 0.00838 e. The molecular formula is C12H27NS. The largest absolute Gasteiger partial charge is 0.256 e. The number of rotatable bonds is 10. The topological polar surface area (TPSA) is 3.24 Å². The van der Waals surface area contributed by atoms with Crippen molar-refractivity contribution in [1.82, 2.24) is 4.31 Å². The van der Waals surface area contributed by atoms with Crippen LogP contribution < -0.4 is 0 Å². The molecule has 0 saturated heterocycles. The Bertz CT molecular complexity index is 104. The molecule has 0 aromatic carbocycles. The third-order valence-electron chi connectivity index (χ3n) is 2.59. The van der Waals surface area contributed by atoms with Crippen LogP contribution in [0.3, 0.4) is 0 Å². The number of unbranched alkanes of at least 4 members (excludes halogenated alkanes) is 8. The molecule has 0 spiro atoms. The van der Waals surface area contributed by atoms with Crippen molar-refractivity contribution in [2.45, 2.75) is 64.7 Å². The monoisotopic (exact) mass is 217 g/mol. The molecule has 0 saturated carbocycles. The summed E-state index contributed by atoms with van der Waals surface area (Å²) in [6, 6.07) is 0. The SMILES string of the molecule is CCCCCCCCCCCN(C)S. The van der Waals surface area contributed by atoms with Crippen molar-refractivity contribution in [3.05, 3.63) is 0 Å². The molecule has 0 atom stereocenters. The van der Waals surface area contributed by atoms with Crippen LogP contribution in [0.25, 0.3) is 0 Å². The molecule has 0 unspecified atom stereocenters. The van der Waals surface area contributed by atoms with Crippen molar-refractivity contribution in [3.8, 4) is 0 Å². The predicted molar refractivity (Wildman–Crippen MR) is 68.8 cm³/mol. The maximum Gasteiger partial charge on any atom is 0.00838 e. The van der Waals surface area contributed by atoms with E-state index in [1.807, 2.05) is 11.4 Å². The predicted octanol–water partition coefficient (Wildman–Crippen LogP) is 4.29. The zero-order valence-corrected chi connectivity index (χ0v) is 10.9. The van der Waals surface area contributed by atoms with Gasteiger partial charge in [0.2, 0.25) is 0 Å². The Labute approximate surface area is 95.8 Å². The summed E-state index contributed by atoms with van der Waals surface area (Å²) in [4.78, 5) is 0. The lowest BCUT2D eigenvalue weighted by Gasteiger charge is -2.07. The van der Waals surface area contributed by atoms with Gasteiger partial charge < -0.3 is 0 Å². The Morgan fingerprint density at radius 1 is 0.786 bits per heavy atom. The summed E-state index contributed by atoms with van der Waals surface area (Å²) in [5.74, 6) is 0. The lowest BCUT2D eigenvalue weighted by molar-refractivity contribution is 0.505. The van der Waals surface area contributed by atoms with E-state index in [0.717, 1.165) is 6.54 Å². The van der Waals surface area contributed by atoms with Crippen LogP contribution in [0, 0.1) is 0 Å². The number of hydrogen-bond donors (Lipinski definition) is 1. The lowest BCUT2D eigenvalue weighted by Crippen LogP contribution is -2.05. The van der Waals surface area contributed by atoms with E-state index in [0.29, 0.717) is 0 Å². The molecule has 0 heterocycles. The molecular weight excluding hydrogens is 190 g/mol. The van der Waals surface area contributed by atoms with Gasteiger partial charge in [0.05, 0.1) is 0 Å². The van der Waals surface area contributed by atoms with Crippen molar-refractivity contribution in [2.24, 2.45) is 0 Å². The fourth-order valence-corrected chi connectivity index (χ4v) is 1.79. The van der Waals surface area contributed by atoms with Gasteiger partial charge in [0.25, 0.3) is 0 Å². The minimum atomic E-state index is 1.12. The molecule has 0 radical (unpaired) electrons. The normalized spacial score (nSPS) is 11.1. The van der Waals surface area contributed by atoms with Gasteiger partial charge in [-0.05, 0) is 13.5 Å². The highest BCUT2D eigenvalue weighted by Crippen LogP contribution is 2.09. The molecule has 0 bridgehead atoms. The van der Waals surface area contributed by atoms with Crippen LogP contribution in [0.2, 0.25) is 0 Å². The van der Waals surface area contributed by atoms with Crippen LogP contribution >= 0.6 is 12.8 Å². The fourth-order valence-electron chi connectivity index (χ4n) is 1.65. The van der Waals surface area contributed by atoms with Crippen LogP contribution in [0.5, 0.6) is 0 Å². The molecule has 0 aromatic rings. The third-order valence-corrected chi connectivity index (χ3v) is 2.79.